The van der Waals surface area contributed by atoms with Gasteiger partial charge in [0.2, 0.25) is 0 Å². The van der Waals surface area contributed by atoms with E-state index in [2.05, 4.69) is 9.88 Å². The molecule has 0 aliphatic carbocycles. The van der Waals surface area contributed by atoms with Gasteiger partial charge in [-0.25, -0.2) is 4.98 Å². The van der Waals surface area contributed by atoms with E-state index < -0.39 is 5.60 Å². The van der Waals surface area contributed by atoms with Gasteiger partial charge in [0.25, 0.3) is 0 Å². The van der Waals surface area contributed by atoms with Crippen molar-refractivity contribution in [2.45, 2.75) is 37.8 Å². The zero-order valence-electron chi connectivity index (χ0n) is 11.8. The van der Waals surface area contributed by atoms with Crippen LogP contribution in [0.1, 0.15) is 26.2 Å². The molecule has 1 N–H and O–H groups in total. The molecule has 110 valence electrons. The van der Waals surface area contributed by atoms with Crippen molar-refractivity contribution in [2.75, 3.05) is 24.7 Å². The summed E-state index contributed by atoms with van der Waals surface area (Å²) in [6.45, 7) is 4.11. The molecule has 4 nitrogen and oxygen atoms in total. The molecular weight excluding hydrogens is 276 g/mol. The molecule has 0 saturated carbocycles. The standard InChI is InChI=1S/C15H21ClN2O2/c1-15(19)6-9-20-10-11(15)13-5-3-8-18(13)14-12(16)4-2-7-17-14/h2,4,7,11,13,19H,3,5-6,8-10H2,1H3/t11-,13+,15+/m1/s1. The number of nitrogens with zero attached hydrogens (tertiary/aromatic N) is 2. The predicted molar refractivity (Wildman–Crippen MR) is 79.2 cm³/mol. The molecule has 20 heavy (non-hydrogen) atoms. The minimum atomic E-state index is -0.674. The van der Waals surface area contributed by atoms with Gasteiger partial charge >= 0.3 is 0 Å². The lowest BCUT2D eigenvalue weighted by Gasteiger charge is -2.43. The zero-order chi connectivity index (χ0) is 14.2. The Morgan fingerprint density at radius 3 is 3.15 bits per heavy atom. The summed E-state index contributed by atoms with van der Waals surface area (Å²) in [5.74, 6) is 0.940. The summed E-state index contributed by atoms with van der Waals surface area (Å²) in [5, 5.41) is 11.3. The van der Waals surface area contributed by atoms with Crippen molar-refractivity contribution < 1.29 is 9.84 Å². The van der Waals surface area contributed by atoms with Crippen molar-refractivity contribution in [3.8, 4) is 0 Å². The van der Waals surface area contributed by atoms with Gasteiger partial charge in [-0.2, -0.15) is 0 Å². The van der Waals surface area contributed by atoms with E-state index in [1.54, 1.807) is 6.20 Å². The first kappa shape index (κ1) is 14.1. The molecule has 0 aromatic carbocycles. The Kier molecular flexibility index (Phi) is 3.89. The SMILES string of the molecule is C[C@]1(O)CCOC[C@@H]1[C@@H]1CCCN1c1ncccc1Cl. The summed E-state index contributed by atoms with van der Waals surface area (Å²) < 4.78 is 5.60. The lowest BCUT2D eigenvalue weighted by atomic mass is 9.79. The third-order valence-electron chi connectivity index (χ3n) is 4.62. The number of aliphatic hydroxyl groups is 1. The zero-order valence-corrected chi connectivity index (χ0v) is 12.5. The van der Waals surface area contributed by atoms with E-state index in [4.69, 9.17) is 16.3 Å². The van der Waals surface area contributed by atoms with Crippen LogP contribution in [0.4, 0.5) is 5.82 Å². The fraction of sp³-hybridized carbons (Fsp3) is 0.667. The van der Waals surface area contributed by atoms with Crippen LogP contribution in [-0.4, -0.2) is 41.5 Å². The van der Waals surface area contributed by atoms with Crippen LogP contribution in [0.2, 0.25) is 5.02 Å². The minimum Gasteiger partial charge on any atom is -0.390 e. The monoisotopic (exact) mass is 296 g/mol. The van der Waals surface area contributed by atoms with Crippen molar-refractivity contribution in [3.63, 3.8) is 0 Å². The van der Waals surface area contributed by atoms with Crippen LogP contribution < -0.4 is 4.90 Å². The van der Waals surface area contributed by atoms with Crippen LogP contribution in [-0.2, 0) is 4.74 Å². The molecule has 2 aliphatic heterocycles. The van der Waals surface area contributed by atoms with Crippen molar-refractivity contribution in [1.82, 2.24) is 4.98 Å². The fourth-order valence-corrected chi connectivity index (χ4v) is 3.67. The first-order chi connectivity index (χ1) is 9.59. The number of ether oxygens (including phenoxy) is 1. The van der Waals surface area contributed by atoms with E-state index >= 15 is 0 Å². The molecule has 0 spiro atoms. The summed E-state index contributed by atoms with van der Waals surface area (Å²) in [5.41, 5.74) is -0.674. The van der Waals surface area contributed by atoms with E-state index in [9.17, 15) is 5.11 Å². The Balaban J connectivity index is 1.87. The van der Waals surface area contributed by atoms with Gasteiger partial charge in [0, 0.05) is 31.3 Å². The number of hydrogen-bond donors (Lipinski definition) is 1. The van der Waals surface area contributed by atoms with E-state index in [1.807, 2.05) is 19.1 Å². The number of hydrogen-bond acceptors (Lipinski definition) is 4. The second-order valence-corrected chi connectivity index (χ2v) is 6.41. The molecule has 2 saturated heterocycles. The van der Waals surface area contributed by atoms with E-state index in [1.165, 1.54) is 0 Å². The van der Waals surface area contributed by atoms with Crippen molar-refractivity contribution in [2.24, 2.45) is 5.92 Å². The Bertz CT molecular complexity index is 481. The normalized spacial score (nSPS) is 34.5. The van der Waals surface area contributed by atoms with Gasteiger partial charge in [-0.15, -0.1) is 0 Å². The van der Waals surface area contributed by atoms with Gasteiger partial charge < -0.3 is 14.7 Å². The molecule has 2 fully saturated rings. The summed E-state index contributed by atoms with van der Waals surface area (Å²) in [4.78, 5) is 6.67. The quantitative estimate of drug-likeness (QED) is 0.911. The molecule has 3 rings (SSSR count). The van der Waals surface area contributed by atoms with Crippen molar-refractivity contribution >= 4 is 17.4 Å². The minimum absolute atomic E-state index is 0.108. The number of anilines is 1. The number of halogens is 1. The highest BCUT2D eigenvalue weighted by Crippen LogP contribution is 2.39. The van der Waals surface area contributed by atoms with E-state index in [0.717, 1.165) is 25.2 Å². The van der Waals surface area contributed by atoms with Gasteiger partial charge in [0.1, 0.15) is 5.82 Å². The molecule has 1 aromatic heterocycles. The molecule has 2 aliphatic rings. The molecule has 5 heteroatoms. The molecule has 1 aromatic rings. The molecule has 3 atom stereocenters. The second kappa shape index (κ2) is 5.51. The maximum Gasteiger partial charge on any atom is 0.147 e. The van der Waals surface area contributed by atoms with Crippen LogP contribution in [0.25, 0.3) is 0 Å². The van der Waals surface area contributed by atoms with Gasteiger partial charge in [0.15, 0.2) is 0 Å². The Hall–Kier alpha value is -0.840. The van der Waals surface area contributed by atoms with Gasteiger partial charge in [-0.05, 0) is 38.3 Å². The summed E-state index contributed by atoms with van der Waals surface area (Å²) in [7, 11) is 0. The highest BCUT2D eigenvalue weighted by molar-refractivity contribution is 6.32. The van der Waals surface area contributed by atoms with Gasteiger partial charge in [-0.1, -0.05) is 11.6 Å². The van der Waals surface area contributed by atoms with Crippen LogP contribution in [0, 0.1) is 5.92 Å². The largest absolute Gasteiger partial charge is 0.390 e. The summed E-state index contributed by atoms with van der Waals surface area (Å²) >= 11 is 6.28. The second-order valence-electron chi connectivity index (χ2n) is 6.00. The molecule has 0 radical (unpaired) electrons. The predicted octanol–water partition coefficient (Wildman–Crippen LogP) is 2.49. The molecule has 3 heterocycles. The van der Waals surface area contributed by atoms with Crippen LogP contribution >= 0.6 is 11.6 Å². The van der Waals surface area contributed by atoms with Crippen LogP contribution in [0.15, 0.2) is 18.3 Å². The van der Waals surface area contributed by atoms with E-state index in [-0.39, 0.29) is 12.0 Å². The van der Waals surface area contributed by atoms with Crippen LogP contribution in [0.5, 0.6) is 0 Å². The first-order valence-electron chi connectivity index (χ1n) is 7.27. The number of aromatic nitrogens is 1. The molecule has 0 unspecified atom stereocenters. The topological polar surface area (TPSA) is 45.6 Å². The number of pyridine rings is 1. The Labute approximate surface area is 124 Å². The van der Waals surface area contributed by atoms with Crippen molar-refractivity contribution in [1.29, 1.82) is 0 Å². The Morgan fingerprint density at radius 1 is 1.55 bits per heavy atom. The van der Waals surface area contributed by atoms with Gasteiger partial charge in [-0.3, -0.25) is 0 Å². The fourth-order valence-electron chi connectivity index (χ4n) is 3.44. The summed E-state index contributed by atoms with van der Waals surface area (Å²) in [6, 6.07) is 3.96. The average Bonchev–Trinajstić information content (AvgIpc) is 2.87. The van der Waals surface area contributed by atoms with E-state index in [0.29, 0.717) is 24.7 Å². The lowest BCUT2D eigenvalue weighted by molar-refractivity contribution is -0.108. The highest BCUT2D eigenvalue weighted by Gasteiger charge is 2.44. The smallest absolute Gasteiger partial charge is 0.147 e. The lowest BCUT2D eigenvalue weighted by Crippen LogP contribution is -2.52. The molecular formula is C15H21ClN2O2. The first-order valence-corrected chi connectivity index (χ1v) is 7.65. The highest BCUT2D eigenvalue weighted by atomic mass is 35.5. The molecule has 0 amide bonds. The maximum atomic E-state index is 10.7. The summed E-state index contributed by atoms with van der Waals surface area (Å²) in [6.07, 6.45) is 4.62. The van der Waals surface area contributed by atoms with Gasteiger partial charge in [0.05, 0.1) is 17.2 Å². The Morgan fingerprint density at radius 2 is 2.40 bits per heavy atom. The number of rotatable bonds is 2. The molecule has 0 bridgehead atoms. The third kappa shape index (κ3) is 2.52. The maximum absolute atomic E-state index is 10.7. The van der Waals surface area contributed by atoms with Crippen molar-refractivity contribution in [3.05, 3.63) is 23.4 Å². The third-order valence-corrected chi connectivity index (χ3v) is 4.92. The van der Waals surface area contributed by atoms with Crippen LogP contribution in [0.3, 0.4) is 0 Å². The average molecular weight is 297 g/mol.